The number of nitrogens with one attached hydrogen (secondary N) is 1. The van der Waals surface area contributed by atoms with Crippen LogP contribution in [-0.2, 0) is 0 Å². The molecule has 7 aromatic carbocycles. The van der Waals surface area contributed by atoms with Gasteiger partial charge < -0.3 is 9.73 Å². The summed E-state index contributed by atoms with van der Waals surface area (Å²) in [5.41, 5.74) is 10.8. The molecule has 0 spiro atoms. The highest BCUT2D eigenvalue weighted by molar-refractivity contribution is 7.25. The second-order valence-electron chi connectivity index (χ2n) is 14.9. The van der Waals surface area contributed by atoms with Gasteiger partial charge in [0, 0.05) is 48.0 Å². The fourth-order valence-corrected chi connectivity index (χ4v) is 9.60. The summed E-state index contributed by atoms with van der Waals surface area (Å²) >= 11 is 1.86. The van der Waals surface area contributed by atoms with E-state index in [1.165, 1.54) is 31.3 Å². The molecule has 9 aromatic rings. The highest BCUT2D eigenvalue weighted by Crippen LogP contribution is 2.40. The number of benzene rings is 7. The largest absolute Gasteiger partial charge is 0.456 e. The Bertz CT molecular complexity index is 3040. The van der Waals surface area contributed by atoms with Crippen LogP contribution < -0.4 is 5.32 Å². The summed E-state index contributed by atoms with van der Waals surface area (Å²) in [4.78, 5) is 10.3. The van der Waals surface area contributed by atoms with E-state index in [4.69, 9.17) is 14.4 Å². The van der Waals surface area contributed by atoms with Crippen molar-refractivity contribution in [1.82, 2.24) is 5.32 Å². The van der Waals surface area contributed by atoms with Crippen LogP contribution in [0.4, 0.5) is 0 Å². The molecule has 4 nitrogen and oxygen atoms in total. The van der Waals surface area contributed by atoms with Crippen molar-refractivity contribution in [3.63, 3.8) is 0 Å². The summed E-state index contributed by atoms with van der Waals surface area (Å²) in [5.74, 6) is 2.07. The van der Waals surface area contributed by atoms with Crippen LogP contribution in [-0.4, -0.2) is 17.8 Å². The molecule has 0 bridgehead atoms. The van der Waals surface area contributed by atoms with E-state index < -0.39 is 0 Å². The van der Waals surface area contributed by atoms with Crippen molar-refractivity contribution in [1.29, 1.82) is 0 Å². The van der Waals surface area contributed by atoms with Gasteiger partial charge in [-0.3, -0.25) is 0 Å². The molecule has 1 aliphatic carbocycles. The Kier molecular flexibility index (Phi) is 7.99. The fourth-order valence-electron chi connectivity index (χ4n) is 8.51. The first-order valence-corrected chi connectivity index (χ1v) is 20.3. The van der Waals surface area contributed by atoms with Gasteiger partial charge in [-0.05, 0) is 95.1 Å². The zero-order valence-corrected chi connectivity index (χ0v) is 31.5. The predicted octanol–water partition coefficient (Wildman–Crippen LogP) is 13.4. The normalized spacial score (nSPS) is 17.0. The second kappa shape index (κ2) is 13.6. The molecule has 2 unspecified atom stereocenters. The van der Waals surface area contributed by atoms with Gasteiger partial charge in [-0.1, -0.05) is 127 Å². The summed E-state index contributed by atoms with van der Waals surface area (Å²) in [7, 11) is 0. The Morgan fingerprint density at radius 1 is 0.536 bits per heavy atom. The van der Waals surface area contributed by atoms with E-state index in [0.717, 1.165) is 86.3 Å². The van der Waals surface area contributed by atoms with Crippen molar-refractivity contribution in [2.75, 3.05) is 0 Å². The first-order chi connectivity index (χ1) is 27.7. The van der Waals surface area contributed by atoms with E-state index in [1.807, 2.05) is 17.4 Å². The lowest BCUT2D eigenvalue weighted by molar-refractivity contribution is 0.371. The molecule has 0 radical (unpaired) electrons. The maximum atomic E-state index is 6.57. The van der Waals surface area contributed by atoms with Gasteiger partial charge in [0.05, 0.1) is 0 Å². The Hall–Kier alpha value is -6.56. The number of nitrogens with zero attached hydrogens (tertiary/aromatic N) is 2. The lowest BCUT2D eigenvalue weighted by atomic mass is 9.91. The second-order valence-corrected chi connectivity index (χ2v) is 16.0. The standard InChI is InChI=1S/C51H37N3OS/c1-3-11-34(12-4-1)49-52-50(35-13-5-2-6-14-35)54-51(53-49)39-16-9-15-38(29-39)40-18-10-19-44-48(40)42-27-25-37(31-45(42)55-44)33-23-21-32(22-24-33)36-26-28-47-43(30-36)41-17-7-8-20-46(41)56-47/h1-5,7-12,15-31,35,50H,6,13-14H2,(H,52,53,54). The predicted molar refractivity (Wildman–Crippen MR) is 236 cm³/mol. The van der Waals surface area contributed by atoms with E-state index >= 15 is 0 Å². The summed E-state index contributed by atoms with van der Waals surface area (Å²) in [6.45, 7) is 0. The highest BCUT2D eigenvalue weighted by Gasteiger charge is 2.27. The molecule has 2 aliphatic rings. The van der Waals surface area contributed by atoms with E-state index in [1.54, 1.807) is 0 Å². The number of aliphatic imine (C=N–C) groups is 2. The third-order valence-electron chi connectivity index (χ3n) is 11.4. The lowest BCUT2D eigenvalue weighted by Crippen LogP contribution is -2.43. The number of allylic oxidation sites excluding steroid dienone is 2. The van der Waals surface area contributed by atoms with E-state index in [2.05, 4.69) is 169 Å². The van der Waals surface area contributed by atoms with Crippen molar-refractivity contribution < 1.29 is 4.42 Å². The quantitative estimate of drug-likeness (QED) is 0.173. The number of hydrogen-bond donors (Lipinski definition) is 1. The molecule has 11 rings (SSSR count). The molecule has 268 valence electrons. The number of amidine groups is 2. The molecule has 5 heteroatoms. The summed E-state index contributed by atoms with van der Waals surface area (Å²) < 4.78 is 9.23. The minimum Gasteiger partial charge on any atom is -0.456 e. The SMILES string of the molecule is C1=CCC(C2N=C(c3cccc(-c4cccc5oc6cc(-c7ccc(-c8ccc9sc%10ccccc%10c9c8)cc7)ccc6c45)c3)N=C(c3ccccc3)N2)CC1. The maximum Gasteiger partial charge on any atom is 0.159 e. The third-order valence-corrected chi connectivity index (χ3v) is 12.6. The molecular formula is C51H37N3OS. The number of rotatable bonds is 6. The molecular weight excluding hydrogens is 703 g/mol. The third kappa shape index (κ3) is 5.83. The van der Waals surface area contributed by atoms with Crippen LogP contribution in [0.15, 0.2) is 184 Å². The molecule has 1 aliphatic heterocycles. The highest BCUT2D eigenvalue weighted by atomic mass is 32.1. The summed E-state index contributed by atoms with van der Waals surface area (Å²) in [6, 6.07) is 56.4. The molecule has 0 fully saturated rings. The van der Waals surface area contributed by atoms with Gasteiger partial charge in [-0.2, -0.15) is 0 Å². The Labute approximate surface area is 329 Å². The van der Waals surface area contributed by atoms with Crippen LogP contribution >= 0.6 is 11.3 Å². The number of hydrogen-bond acceptors (Lipinski definition) is 5. The van der Waals surface area contributed by atoms with Crippen LogP contribution in [0.5, 0.6) is 0 Å². The van der Waals surface area contributed by atoms with Gasteiger partial charge >= 0.3 is 0 Å². The molecule has 56 heavy (non-hydrogen) atoms. The maximum absolute atomic E-state index is 6.57. The van der Waals surface area contributed by atoms with Crippen LogP contribution in [0.1, 0.15) is 30.4 Å². The molecule has 2 aromatic heterocycles. The van der Waals surface area contributed by atoms with Gasteiger partial charge in [-0.15, -0.1) is 11.3 Å². The lowest BCUT2D eigenvalue weighted by Gasteiger charge is -2.30. The summed E-state index contributed by atoms with van der Waals surface area (Å²) in [6.07, 6.45) is 7.76. The minimum atomic E-state index is -0.0331. The monoisotopic (exact) mass is 739 g/mol. The Morgan fingerprint density at radius 2 is 1.27 bits per heavy atom. The van der Waals surface area contributed by atoms with Crippen LogP contribution in [0.25, 0.3) is 75.5 Å². The van der Waals surface area contributed by atoms with Crippen LogP contribution in [0.3, 0.4) is 0 Å². The van der Waals surface area contributed by atoms with Crippen molar-refractivity contribution in [2.45, 2.75) is 25.4 Å². The first kappa shape index (κ1) is 32.8. The van der Waals surface area contributed by atoms with Crippen molar-refractivity contribution in [3.8, 4) is 33.4 Å². The van der Waals surface area contributed by atoms with E-state index in [0.29, 0.717) is 5.92 Å². The van der Waals surface area contributed by atoms with Gasteiger partial charge in [-0.25, -0.2) is 9.98 Å². The van der Waals surface area contributed by atoms with E-state index in [-0.39, 0.29) is 6.17 Å². The molecule has 0 saturated heterocycles. The molecule has 2 atom stereocenters. The number of thiophene rings is 1. The fraction of sp³-hybridized carbons (Fsp3) is 0.0980. The van der Waals surface area contributed by atoms with E-state index in [9.17, 15) is 0 Å². The van der Waals surface area contributed by atoms with Crippen molar-refractivity contribution in [2.24, 2.45) is 15.9 Å². The molecule has 3 heterocycles. The first-order valence-electron chi connectivity index (χ1n) is 19.4. The van der Waals surface area contributed by atoms with Gasteiger partial charge in [0.2, 0.25) is 0 Å². The zero-order valence-electron chi connectivity index (χ0n) is 30.7. The topological polar surface area (TPSA) is 49.9 Å². The van der Waals surface area contributed by atoms with Crippen LogP contribution in [0.2, 0.25) is 0 Å². The van der Waals surface area contributed by atoms with Crippen molar-refractivity contribution >= 4 is 65.1 Å². The summed E-state index contributed by atoms with van der Waals surface area (Å²) in [5, 5.41) is 8.54. The minimum absolute atomic E-state index is 0.0331. The van der Waals surface area contributed by atoms with Gasteiger partial charge in [0.15, 0.2) is 5.84 Å². The molecule has 1 N–H and O–H groups in total. The zero-order chi connectivity index (χ0) is 37.0. The Morgan fingerprint density at radius 3 is 2.12 bits per heavy atom. The van der Waals surface area contributed by atoms with Gasteiger partial charge in [0.1, 0.15) is 23.2 Å². The van der Waals surface area contributed by atoms with Crippen molar-refractivity contribution in [3.05, 3.63) is 181 Å². The molecule has 0 amide bonds. The average molecular weight is 740 g/mol. The Balaban J connectivity index is 0.926. The molecule has 0 saturated carbocycles. The number of fused-ring (bicyclic) bond motifs is 6. The van der Waals surface area contributed by atoms with Crippen LogP contribution in [0, 0.1) is 5.92 Å². The average Bonchev–Trinajstić information content (AvgIpc) is 3.85. The smallest absolute Gasteiger partial charge is 0.159 e. The number of furan rings is 1. The van der Waals surface area contributed by atoms with Gasteiger partial charge in [0.25, 0.3) is 0 Å².